The first-order chi connectivity index (χ1) is 8.25. The quantitative estimate of drug-likeness (QED) is 0.611. The maximum atomic E-state index is 9.33. The lowest BCUT2D eigenvalue weighted by Crippen LogP contribution is -1.83. The average molecular weight is 230 g/mol. The first kappa shape index (κ1) is 11.8. The third kappa shape index (κ3) is 3.38. The van der Waals surface area contributed by atoms with Crippen LogP contribution in [0.1, 0.15) is 31.2 Å². The summed E-state index contributed by atoms with van der Waals surface area (Å²) in [7, 11) is 0. The Morgan fingerprint density at radius 3 is 2.47 bits per heavy atom. The van der Waals surface area contributed by atoms with Gasteiger partial charge < -0.3 is 10.2 Å². The molecule has 1 aromatic rings. The van der Waals surface area contributed by atoms with Gasteiger partial charge in [0.2, 0.25) is 0 Å². The fourth-order valence-electron chi connectivity index (χ4n) is 2.18. The molecule has 2 N–H and O–H groups in total. The van der Waals surface area contributed by atoms with Crippen molar-refractivity contribution >= 4 is 6.08 Å². The standard InChI is InChI=1S/C15H18O2/c16-14-10-9-13(11-15(14)17)8-4-3-7-12-5-1-2-6-12/h3-4,7-12,16-17H,1-2,5-6H2. The van der Waals surface area contributed by atoms with Crippen molar-refractivity contribution < 1.29 is 10.2 Å². The molecule has 0 saturated heterocycles. The first-order valence-corrected chi connectivity index (χ1v) is 6.12. The molecule has 2 nitrogen and oxygen atoms in total. The van der Waals surface area contributed by atoms with Crippen LogP contribution in [0.2, 0.25) is 0 Å². The maximum Gasteiger partial charge on any atom is 0.157 e. The summed E-state index contributed by atoms with van der Waals surface area (Å²) in [6.45, 7) is 0. The second-order valence-corrected chi connectivity index (χ2v) is 4.54. The molecular weight excluding hydrogens is 212 g/mol. The molecule has 0 unspecified atom stereocenters. The van der Waals surface area contributed by atoms with Gasteiger partial charge in [-0.05, 0) is 36.5 Å². The largest absolute Gasteiger partial charge is 0.504 e. The van der Waals surface area contributed by atoms with E-state index in [2.05, 4.69) is 12.2 Å². The zero-order chi connectivity index (χ0) is 12.1. The van der Waals surface area contributed by atoms with E-state index in [1.807, 2.05) is 12.2 Å². The lowest BCUT2D eigenvalue weighted by Gasteiger charge is -1.99. The Labute approximate surface area is 102 Å². The highest BCUT2D eigenvalue weighted by molar-refractivity contribution is 5.56. The summed E-state index contributed by atoms with van der Waals surface area (Å²) in [5, 5.41) is 18.5. The van der Waals surface area contributed by atoms with Crippen LogP contribution in [-0.4, -0.2) is 10.2 Å². The molecule has 1 fully saturated rings. The lowest BCUT2D eigenvalue weighted by molar-refractivity contribution is 0.403. The number of hydrogen-bond donors (Lipinski definition) is 2. The van der Waals surface area contributed by atoms with Gasteiger partial charge in [0.1, 0.15) is 0 Å². The van der Waals surface area contributed by atoms with E-state index in [4.69, 9.17) is 0 Å². The SMILES string of the molecule is Oc1ccc(C=CC=CC2CCCC2)cc1O. The highest BCUT2D eigenvalue weighted by Gasteiger charge is 2.10. The molecule has 90 valence electrons. The van der Waals surface area contributed by atoms with Gasteiger partial charge in [-0.25, -0.2) is 0 Å². The van der Waals surface area contributed by atoms with Crippen molar-refractivity contribution in [2.45, 2.75) is 25.7 Å². The molecule has 1 saturated carbocycles. The highest BCUT2D eigenvalue weighted by Crippen LogP contribution is 2.26. The van der Waals surface area contributed by atoms with Gasteiger partial charge >= 0.3 is 0 Å². The van der Waals surface area contributed by atoms with Crippen molar-refractivity contribution in [1.82, 2.24) is 0 Å². The Morgan fingerprint density at radius 1 is 1.00 bits per heavy atom. The third-order valence-electron chi connectivity index (χ3n) is 3.18. The van der Waals surface area contributed by atoms with Gasteiger partial charge in [0.15, 0.2) is 11.5 Å². The van der Waals surface area contributed by atoms with Crippen molar-refractivity contribution in [3.05, 3.63) is 42.0 Å². The molecule has 1 aliphatic rings. The van der Waals surface area contributed by atoms with E-state index >= 15 is 0 Å². The van der Waals surface area contributed by atoms with Crippen LogP contribution >= 0.6 is 0 Å². The molecule has 0 radical (unpaired) electrons. The van der Waals surface area contributed by atoms with E-state index in [0.717, 1.165) is 11.5 Å². The Hall–Kier alpha value is -1.70. The molecule has 1 aliphatic carbocycles. The zero-order valence-electron chi connectivity index (χ0n) is 9.84. The maximum absolute atomic E-state index is 9.33. The van der Waals surface area contributed by atoms with Crippen LogP contribution < -0.4 is 0 Å². The summed E-state index contributed by atoms with van der Waals surface area (Å²) >= 11 is 0. The Balaban J connectivity index is 1.93. The smallest absolute Gasteiger partial charge is 0.157 e. The minimum absolute atomic E-state index is 0.0769. The summed E-state index contributed by atoms with van der Waals surface area (Å²) in [6.07, 6.45) is 13.5. The molecule has 0 amide bonds. The van der Waals surface area contributed by atoms with Crippen molar-refractivity contribution in [2.75, 3.05) is 0 Å². The number of hydrogen-bond acceptors (Lipinski definition) is 2. The van der Waals surface area contributed by atoms with E-state index in [1.165, 1.54) is 31.7 Å². The molecule has 0 bridgehead atoms. The summed E-state index contributed by atoms with van der Waals surface area (Å²) < 4.78 is 0. The van der Waals surface area contributed by atoms with Gasteiger partial charge in [-0.3, -0.25) is 0 Å². The van der Waals surface area contributed by atoms with Crippen LogP contribution in [0.15, 0.2) is 36.4 Å². The fraction of sp³-hybridized carbons (Fsp3) is 0.333. The Bertz CT molecular complexity index is 427. The van der Waals surface area contributed by atoms with Crippen LogP contribution in [0.5, 0.6) is 11.5 Å². The van der Waals surface area contributed by atoms with Gasteiger partial charge in [-0.2, -0.15) is 0 Å². The van der Waals surface area contributed by atoms with Crippen LogP contribution in [0, 0.1) is 5.92 Å². The van der Waals surface area contributed by atoms with Gasteiger partial charge in [0, 0.05) is 0 Å². The number of aromatic hydroxyl groups is 2. The van der Waals surface area contributed by atoms with Crippen molar-refractivity contribution in [1.29, 1.82) is 0 Å². The molecule has 17 heavy (non-hydrogen) atoms. The predicted octanol–water partition coefficient (Wildman–Crippen LogP) is 3.86. The fourth-order valence-corrected chi connectivity index (χ4v) is 2.18. The molecule has 0 heterocycles. The topological polar surface area (TPSA) is 40.5 Å². The van der Waals surface area contributed by atoms with Crippen molar-refractivity contribution in [3.8, 4) is 11.5 Å². The zero-order valence-corrected chi connectivity index (χ0v) is 9.84. The number of allylic oxidation sites excluding steroid dienone is 3. The highest BCUT2D eigenvalue weighted by atomic mass is 16.3. The molecule has 2 heteroatoms. The Kier molecular flexibility index (Phi) is 3.86. The number of rotatable bonds is 3. The van der Waals surface area contributed by atoms with Gasteiger partial charge in [0.05, 0.1) is 0 Å². The molecule has 0 aromatic heterocycles. The minimum atomic E-state index is -0.0800. The summed E-state index contributed by atoms with van der Waals surface area (Å²) in [5.41, 5.74) is 0.886. The normalized spacial score (nSPS) is 17.4. The van der Waals surface area contributed by atoms with E-state index in [-0.39, 0.29) is 11.5 Å². The second-order valence-electron chi connectivity index (χ2n) is 4.54. The molecule has 0 atom stereocenters. The van der Waals surface area contributed by atoms with Crippen LogP contribution in [0.3, 0.4) is 0 Å². The van der Waals surface area contributed by atoms with Gasteiger partial charge in [-0.1, -0.05) is 43.2 Å². The van der Waals surface area contributed by atoms with Crippen LogP contribution in [0.25, 0.3) is 6.08 Å². The first-order valence-electron chi connectivity index (χ1n) is 6.12. The van der Waals surface area contributed by atoms with Crippen molar-refractivity contribution in [3.63, 3.8) is 0 Å². The minimum Gasteiger partial charge on any atom is -0.504 e. The van der Waals surface area contributed by atoms with Crippen LogP contribution in [0.4, 0.5) is 0 Å². The van der Waals surface area contributed by atoms with E-state index in [1.54, 1.807) is 12.1 Å². The number of benzene rings is 1. The van der Waals surface area contributed by atoms with E-state index in [9.17, 15) is 10.2 Å². The monoisotopic (exact) mass is 230 g/mol. The van der Waals surface area contributed by atoms with Gasteiger partial charge in [-0.15, -0.1) is 0 Å². The van der Waals surface area contributed by atoms with E-state index < -0.39 is 0 Å². The van der Waals surface area contributed by atoms with E-state index in [0.29, 0.717) is 0 Å². The second kappa shape index (κ2) is 5.58. The molecule has 2 rings (SSSR count). The predicted molar refractivity (Wildman–Crippen MR) is 69.9 cm³/mol. The molecule has 1 aromatic carbocycles. The average Bonchev–Trinajstić information content (AvgIpc) is 2.82. The molecular formula is C15H18O2. The summed E-state index contributed by atoms with van der Waals surface area (Å²) in [4.78, 5) is 0. The number of phenols is 2. The summed E-state index contributed by atoms with van der Waals surface area (Å²) in [5.74, 6) is 0.587. The molecule has 0 spiro atoms. The summed E-state index contributed by atoms with van der Waals surface area (Å²) in [6, 6.07) is 4.82. The lowest BCUT2D eigenvalue weighted by atomic mass is 10.1. The van der Waals surface area contributed by atoms with Crippen molar-refractivity contribution in [2.24, 2.45) is 5.92 Å². The number of phenolic OH excluding ortho intramolecular Hbond substituents is 2. The Morgan fingerprint density at radius 2 is 1.76 bits per heavy atom. The third-order valence-corrected chi connectivity index (χ3v) is 3.18. The van der Waals surface area contributed by atoms with Gasteiger partial charge in [0.25, 0.3) is 0 Å². The van der Waals surface area contributed by atoms with Crippen LogP contribution in [-0.2, 0) is 0 Å². The molecule has 0 aliphatic heterocycles.